The smallest absolute Gasteiger partial charge is 0.193 e. The highest BCUT2D eigenvalue weighted by Crippen LogP contribution is 2.33. The number of piperidine rings is 1. The number of rotatable bonds is 6. The summed E-state index contributed by atoms with van der Waals surface area (Å²) in [5.74, 6) is 2.34. The molecular formula is C18H29BrIN3O3. The molecule has 0 unspecified atom stereocenters. The maximum Gasteiger partial charge on any atom is 0.193 e. The number of hydrogen-bond donors (Lipinski definition) is 1. The van der Waals surface area contributed by atoms with Crippen molar-refractivity contribution >= 4 is 45.9 Å². The van der Waals surface area contributed by atoms with Crippen molar-refractivity contribution in [3.05, 3.63) is 22.2 Å². The Kier molecular flexibility index (Phi) is 10.6. The molecule has 6 nitrogen and oxygen atoms in total. The molecule has 1 aliphatic rings. The van der Waals surface area contributed by atoms with E-state index in [2.05, 4.69) is 31.1 Å². The highest BCUT2D eigenvalue weighted by Gasteiger charge is 2.21. The Hall–Kier alpha value is -0.740. The van der Waals surface area contributed by atoms with Gasteiger partial charge in [-0.15, -0.1) is 24.0 Å². The zero-order valence-electron chi connectivity index (χ0n) is 15.9. The van der Waals surface area contributed by atoms with Crippen molar-refractivity contribution in [1.29, 1.82) is 0 Å². The molecule has 8 heteroatoms. The number of halogens is 2. The lowest BCUT2D eigenvalue weighted by Crippen LogP contribution is -2.46. The molecule has 26 heavy (non-hydrogen) atoms. The van der Waals surface area contributed by atoms with Crippen molar-refractivity contribution in [2.45, 2.75) is 32.4 Å². The molecule has 148 valence electrons. The molecule has 0 bridgehead atoms. The van der Waals surface area contributed by atoms with Crippen LogP contribution in [0.4, 0.5) is 0 Å². The van der Waals surface area contributed by atoms with Crippen molar-refractivity contribution in [2.75, 3.05) is 41.0 Å². The number of methoxy groups -OCH3 is 2. The van der Waals surface area contributed by atoms with Gasteiger partial charge in [-0.1, -0.05) is 15.9 Å². The minimum Gasteiger partial charge on any atom is -0.493 e. The summed E-state index contributed by atoms with van der Waals surface area (Å²) < 4.78 is 17.4. The van der Waals surface area contributed by atoms with E-state index in [1.54, 1.807) is 14.2 Å². The van der Waals surface area contributed by atoms with Gasteiger partial charge >= 0.3 is 0 Å². The standard InChI is InChI=1S/C18H28BrN3O3.HI/c1-5-25-14-6-8-22(9-7-14)18(20-2)21-12-13-10-16(23-3)17(24-4)11-15(13)19;/h10-11,14H,5-9,12H2,1-4H3,(H,20,21);1H. The second-order valence-corrected chi connectivity index (χ2v) is 6.70. The number of guanidine groups is 1. The first-order valence-electron chi connectivity index (χ1n) is 8.60. The summed E-state index contributed by atoms with van der Waals surface area (Å²) in [4.78, 5) is 6.71. The Morgan fingerprint density at radius 2 is 1.85 bits per heavy atom. The quantitative estimate of drug-likeness (QED) is 0.338. The predicted octanol–water partition coefficient (Wildman–Crippen LogP) is 3.66. The Morgan fingerprint density at radius 1 is 1.23 bits per heavy atom. The molecule has 1 N–H and O–H groups in total. The minimum atomic E-state index is 0. The maximum absolute atomic E-state index is 5.72. The lowest BCUT2D eigenvalue weighted by Gasteiger charge is -2.34. The van der Waals surface area contributed by atoms with Gasteiger partial charge in [-0.2, -0.15) is 0 Å². The molecule has 1 heterocycles. The first kappa shape index (κ1) is 23.3. The third kappa shape index (κ3) is 6.16. The van der Waals surface area contributed by atoms with Crippen molar-refractivity contribution in [1.82, 2.24) is 10.2 Å². The monoisotopic (exact) mass is 541 g/mol. The Morgan fingerprint density at radius 3 is 2.38 bits per heavy atom. The molecular weight excluding hydrogens is 513 g/mol. The maximum atomic E-state index is 5.72. The summed E-state index contributed by atoms with van der Waals surface area (Å²) in [6.07, 6.45) is 2.45. The summed E-state index contributed by atoms with van der Waals surface area (Å²) in [6, 6.07) is 3.90. The van der Waals surface area contributed by atoms with Crippen LogP contribution in [0.25, 0.3) is 0 Å². The van der Waals surface area contributed by atoms with Gasteiger partial charge in [0.2, 0.25) is 0 Å². The van der Waals surface area contributed by atoms with Crippen LogP contribution in [-0.4, -0.2) is 57.9 Å². The van der Waals surface area contributed by atoms with Crippen LogP contribution in [-0.2, 0) is 11.3 Å². The van der Waals surface area contributed by atoms with E-state index in [9.17, 15) is 0 Å². The number of ether oxygens (including phenoxy) is 3. The van der Waals surface area contributed by atoms with E-state index in [4.69, 9.17) is 14.2 Å². The Labute approximate surface area is 181 Å². The topological polar surface area (TPSA) is 55.3 Å². The summed E-state index contributed by atoms with van der Waals surface area (Å²) in [5, 5.41) is 3.44. The van der Waals surface area contributed by atoms with Crippen molar-refractivity contribution in [2.24, 2.45) is 4.99 Å². The fourth-order valence-electron chi connectivity index (χ4n) is 3.01. The van der Waals surface area contributed by atoms with E-state index in [1.165, 1.54) is 0 Å². The van der Waals surface area contributed by atoms with Crippen molar-refractivity contribution in [3.63, 3.8) is 0 Å². The van der Waals surface area contributed by atoms with Crippen LogP contribution in [0.5, 0.6) is 11.5 Å². The highest BCUT2D eigenvalue weighted by atomic mass is 127. The number of benzene rings is 1. The van der Waals surface area contributed by atoms with Crippen LogP contribution in [0.3, 0.4) is 0 Å². The summed E-state index contributed by atoms with van der Waals surface area (Å²) in [7, 11) is 5.10. The van der Waals surface area contributed by atoms with Gasteiger partial charge in [0.1, 0.15) is 0 Å². The number of hydrogen-bond acceptors (Lipinski definition) is 4. The first-order chi connectivity index (χ1) is 12.1. The van der Waals surface area contributed by atoms with Gasteiger partial charge < -0.3 is 24.4 Å². The average Bonchev–Trinajstić information content (AvgIpc) is 2.64. The van der Waals surface area contributed by atoms with E-state index in [-0.39, 0.29) is 24.0 Å². The van der Waals surface area contributed by atoms with E-state index < -0.39 is 0 Å². The number of nitrogens with one attached hydrogen (secondary N) is 1. The van der Waals surface area contributed by atoms with Crippen LogP contribution in [0.1, 0.15) is 25.3 Å². The Bertz CT molecular complexity index is 593. The lowest BCUT2D eigenvalue weighted by atomic mass is 10.1. The summed E-state index contributed by atoms with van der Waals surface area (Å²) in [5.41, 5.74) is 1.09. The van der Waals surface area contributed by atoms with Crippen LogP contribution in [0.15, 0.2) is 21.6 Å². The second-order valence-electron chi connectivity index (χ2n) is 5.84. The highest BCUT2D eigenvalue weighted by molar-refractivity contribution is 14.0. The van der Waals surface area contributed by atoms with Crippen molar-refractivity contribution < 1.29 is 14.2 Å². The average molecular weight is 542 g/mol. The minimum absolute atomic E-state index is 0. The molecule has 0 aliphatic carbocycles. The first-order valence-corrected chi connectivity index (χ1v) is 9.39. The molecule has 2 rings (SSSR count). The Balaban J connectivity index is 0.00000338. The fourth-order valence-corrected chi connectivity index (χ4v) is 3.47. The van der Waals surface area contributed by atoms with Gasteiger partial charge in [0.25, 0.3) is 0 Å². The number of likely N-dealkylation sites (tertiary alicyclic amines) is 1. The fraction of sp³-hybridized carbons (Fsp3) is 0.611. The SMILES string of the molecule is CCOC1CCN(C(=NC)NCc2cc(OC)c(OC)cc2Br)CC1.I. The van der Waals surface area contributed by atoms with Crippen LogP contribution < -0.4 is 14.8 Å². The number of nitrogens with zero attached hydrogens (tertiary/aromatic N) is 2. The van der Waals surface area contributed by atoms with Gasteiger partial charge in [0.05, 0.1) is 20.3 Å². The van der Waals surface area contributed by atoms with Gasteiger partial charge in [-0.25, -0.2) is 0 Å². The molecule has 0 radical (unpaired) electrons. The molecule has 0 saturated carbocycles. The number of aliphatic imine (C=N–C) groups is 1. The third-order valence-corrected chi connectivity index (χ3v) is 5.08. The third-order valence-electron chi connectivity index (χ3n) is 4.35. The zero-order valence-corrected chi connectivity index (χ0v) is 19.8. The van der Waals surface area contributed by atoms with E-state index in [0.717, 1.165) is 54.3 Å². The zero-order chi connectivity index (χ0) is 18.2. The second kappa shape index (κ2) is 11.9. The van der Waals surface area contributed by atoms with Gasteiger partial charge in [0.15, 0.2) is 17.5 Å². The van der Waals surface area contributed by atoms with Crippen LogP contribution in [0.2, 0.25) is 0 Å². The molecule has 0 aromatic heterocycles. The van der Waals surface area contributed by atoms with E-state index in [1.807, 2.05) is 26.1 Å². The van der Waals surface area contributed by atoms with E-state index >= 15 is 0 Å². The molecule has 1 aliphatic heterocycles. The van der Waals surface area contributed by atoms with Gasteiger partial charge in [-0.3, -0.25) is 4.99 Å². The summed E-state index contributed by atoms with van der Waals surface area (Å²) in [6.45, 7) is 5.40. The van der Waals surface area contributed by atoms with Crippen molar-refractivity contribution in [3.8, 4) is 11.5 Å². The van der Waals surface area contributed by atoms with Crippen LogP contribution >= 0.6 is 39.9 Å². The normalized spacial score (nSPS) is 15.4. The van der Waals surface area contributed by atoms with Crippen LogP contribution in [0, 0.1) is 0 Å². The van der Waals surface area contributed by atoms with Gasteiger partial charge in [0, 0.05) is 37.8 Å². The molecule has 0 amide bonds. The summed E-state index contributed by atoms with van der Waals surface area (Å²) >= 11 is 3.60. The molecule has 0 atom stereocenters. The predicted molar refractivity (Wildman–Crippen MR) is 119 cm³/mol. The van der Waals surface area contributed by atoms with Gasteiger partial charge in [-0.05, 0) is 37.5 Å². The van der Waals surface area contributed by atoms with E-state index in [0.29, 0.717) is 18.4 Å². The molecule has 1 aromatic rings. The largest absolute Gasteiger partial charge is 0.493 e. The molecule has 1 fully saturated rings. The molecule has 1 saturated heterocycles. The molecule has 0 spiro atoms. The lowest BCUT2D eigenvalue weighted by molar-refractivity contribution is 0.0263. The molecule has 1 aromatic carbocycles.